The standard InChI is InChI=1S/C13H11N3O3/c1-2-6-15(9-12(17)18)13(19)10-8-14-16-7-4-3-5-11(10)16/h1,3-5,7-8H,6,9H2,(H,17,18). The topological polar surface area (TPSA) is 74.9 Å². The van der Waals surface area contributed by atoms with Crippen LogP contribution in [0.4, 0.5) is 0 Å². The van der Waals surface area contributed by atoms with Gasteiger partial charge in [0.05, 0.1) is 23.8 Å². The molecule has 0 aliphatic rings. The molecule has 2 aromatic rings. The molecule has 6 nitrogen and oxygen atoms in total. The van der Waals surface area contributed by atoms with Crippen LogP contribution in [-0.2, 0) is 4.79 Å². The van der Waals surface area contributed by atoms with Gasteiger partial charge in [0.25, 0.3) is 5.91 Å². The summed E-state index contributed by atoms with van der Waals surface area (Å²) in [6.45, 7) is -0.498. The number of hydrogen-bond acceptors (Lipinski definition) is 3. The largest absolute Gasteiger partial charge is 0.480 e. The van der Waals surface area contributed by atoms with Gasteiger partial charge in [-0.05, 0) is 12.1 Å². The highest BCUT2D eigenvalue weighted by atomic mass is 16.4. The minimum Gasteiger partial charge on any atom is -0.480 e. The van der Waals surface area contributed by atoms with Crippen LogP contribution in [0.5, 0.6) is 0 Å². The zero-order chi connectivity index (χ0) is 13.8. The number of hydrogen-bond donors (Lipinski definition) is 1. The van der Waals surface area contributed by atoms with Crippen molar-refractivity contribution in [3.05, 3.63) is 36.2 Å². The maximum Gasteiger partial charge on any atom is 0.323 e. The van der Waals surface area contributed by atoms with E-state index in [9.17, 15) is 9.59 Å². The highest BCUT2D eigenvalue weighted by Gasteiger charge is 2.20. The maximum absolute atomic E-state index is 12.3. The number of carboxylic acid groups (broad SMARTS) is 1. The first-order chi connectivity index (χ1) is 9.13. The van der Waals surface area contributed by atoms with E-state index in [1.165, 1.54) is 6.20 Å². The minimum absolute atomic E-state index is 0.0602. The molecule has 1 N–H and O–H groups in total. The van der Waals surface area contributed by atoms with Gasteiger partial charge < -0.3 is 10.0 Å². The predicted octanol–water partition coefficient (Wildman–Crippen LogP) is 0.494. The number of carbonyl (C=O) groups excluding carboxylic acids is 1. The fraction of sp³-hybridized carbons (Fsp3) is 0.154. The molecule has 0 saturated heterocycles. The summed E-state index contributed by atoms with van der Waals surface area (Å²) in [6, 6.07) is 5.29. The van der Waals surface area contributed by atoms with Crippen LogP contribution in [0.15, 0.2) is 30.6 Å². The molecule has 0 radical (unpaired) electrons. The lowest BCUT2D eigenvalue weighted by Crippen LogP contribution is -2.35. The van der Waals surface area contributed by atoms with Gasteiger partial charge in [-0.3, -0.25) is 9.59 Å². The molecule has 19 heavy (non-hydrogen) atoms. The molecule has 2 rings (SSSR count). The Bertz CT molecular complexity index is 669. The normalized spacial score (nSPS) is 10.1. The van der Waals surface area contributed by atoms with E-state index in [1.54, 1.807) is 28.9 Å². The van der Waals surface area contributed by atoms with Gasteiger partial charge in [-0.1, -0.05) is 12.0 Å². The van der Waals surface area contributed by atoms with Crippen LogP contribution in [-0.4, -0.2) is 44.6 Å². The number of nitrogens with zero attached hydrogens (tertiary/aromatic N) is 3. The first-order valence-corrected chi connectivity index (χ1v) is 5.50. The first-order valence-electron chi connectivity index (χ1n) is 5.50. The summed E-state index contributed by atoms with van der Waals surface area (Å²) < 4.78 is 1.54. The summed E-state index contributed by atoms with van der Waals surface area (Å²) in [7, 11) is 0. The lowest BCUT2D eigenvalue weighted by Gasteiger charge is -2.17. The lowest BCUT2D eigenvalue weighted by atomic mass is 10.2. The predicted molar refractivity (Wildman–Crippen MR) is 67.6 cm³/mol. The molecule has 0 bridgehead atoms. The van der Waals surface area contributed by atoms with Gasteiger partial charge in [0.15, 0.2) is 0 Å². The van der Waals surface area contributed by atoms with Gasteiger partial charge in [-0.2, -0.15) is 5.10 Å². The number of amides is 1. The summed E-state index contributed by atoms with van der Waals surface area (Å²) >= 11 is 0. The molecule has 1 amide bonds. The second-order valence-corrected chi connectivity index (χ2v) is 3.85. The fourth-order valence-electron chi connectivity index (χ4n) is 1.74. The van der Waals surface area contributed by atoms with Crippen molar-refractivity contribution in [3.63, 3.8) is 0 Å². The molecule has 0 unspecified atom stereocenters. The molecule has 0 aliphatic carbocycles. The molecule has 2 aromatic heterocycles. The highest BCUT2D eigenvalue weighted by molar-refractivity contribution is 6.01. The summed E-state index contributed by atoms with van der Waals surface area (Å²) in [6.07, 6.45) is 8.26. The summed E-state index contributed by atoms with van der Waals surface area (Å²) in [4.78, 5) is 24.1. The third-order valence-electron chi connectivity index (χ3n) is 2.55. The Morgan fingerprint density at radius 3 is 2.95 bits per heavy atom. The van der Waals surface area contributed by atoms with Gasteiger partial charge in [0.1, 0.15) is 6.54 Å². The van der Waals surface area contributed by atoms with E-state index in [-0.39, 0.29) is 6.54 Å². The number of fused-ring (bicyclic) bond motifs is 1. The van der Waals surface area contributed by atoms with E-state index >= 15 is 0 Å². The zero-order valence-corrected chi connectivity index (χ0v) is 9.98. The van der Waals surface area contributed by atoms with Crippen molar-refractivity contribution >= 4 is 17.4 Å². The molecule has 2 heterocycles. The number of terminal acetylenes is 1. The Balaban J connectivity index is 2.36. The Kier molecular flexibility index (Phi) is 3.48. The second-order valence-electron chi connectivity index (χ2n) is 3.85. The van der Waals surface area contributed by atoms with Gasteiger partial charge in [-0.15, -0.1) is 6.42 Å². The minimum atomic E-state index is -1.11. The van der Waals surface area contributed by atoms with Crippen molar-refractivity contribution in [2.75, 3.05) is 13.1 Å². The molecule has 0 fully saturated rings. The van der Waals surface area contributed by atoms with Crippen LogP contribution >= 0.6 is 0 Å². The first kappa shape index (κ1) is 12.6. The van der Waals surface area contributed by atoms with Crippen molar-refractivity contribution in [1.29, 1.82) is 0 Å². The fourth-order valence-corrected chi connectivity index (χ4v) is 1.74. The van der Waals surface area contributed by atoms with Crippen LogP contribution < -0.4 is 0 Å². The average molecular weight is 257 g/mol. The number of aliphatic carboxylic acids is 1. The third kappa shape index (κ3) is 2.55. The van der Waals surface area contributed by atoms with E-state index in [0.29, 0.717) is 11.1 Å². The van der Waals surface area contributed by atoms with E-state index < -0.39 is 18.4 Å². The third-order valence-corrected chi connectivity index (χ3v) is 2.55. The van der Waals surface area contributed by atoms with Crippen molar-refractivity contribution in [2.24, 2.45) is 0 Å². The zero-order valence-electron chi connectivity index (χ0n) is 9.98. The van der Waals surface area contributed by atoms with Gasteiger partial charge >= 0.3 is 5.97 Å². The SMILES string of the molecule is C#CCN(CC(=O)O)C(=O)c1cnn2ccccc12. The molecule has 6 heteroatoms. The van der Waals surface area contributed by atoms with Crippen LogP contribution in [0.3, 0.4) is 0 Å². The molecular formula is C13H11N3O3. The highest BCUT2D eigenvalue weighted by Crippen LogP contribution is 2.12. The lowest BCUT2D eigenvalue weighted by molar-refractivity contribution is -0.137. The molecular weight excluding hydrogens is 246 g/mol. The molecule has 0 atom stereocenters. The van der Waals surface area contributed by atoms with E-state index in [0.717, 1.165) is 4.90 Å². The monoisotopic (exact) mass is 257 g/mol. The van der Waals surface area contributed by atoms with Gasteiger partial charge in [-0.25, -0.2) is 4.52 Å². The molecule has 0 spiro atoms. The second kappa shape index (κ2) is 5.23. The van der Waals surface area contributed by atoms with E-state index in [4.69, 9.17) is 11.5 Å². The average Bonchev–Trinajstić information content (AvgIpc) is 2.80. The number of aromatic nitrogens is 2. The smallest absolute Gasteiger partial charge is 0.323 e. The summed E-state index contributed by atoms with van der Waals surface area (Å²) in [5, 5.41) is 12.8. The van der Waals surface area contributed by atoms with Gasteiger partial charge in [0.2, 0.25) is 0 Å². The van der Waals surface area contributed by atoms with Crippen molar-refractivity contribution in [3.8, 4) is 12.3 Å². The van der Waals surface area contributed by atoms with Gasteiger partial charge in [0, 0.05) is 6.20 Å². The Labute approximate surface area is 109 Å². The van der Waals surface area contributed by atoms with Crippen LogP contribution in [0, 0.1) is 12.3 Å². The molecule has 0 aliphatic heterocycles. The Morgan fingerprint density at radius 1 is 1.47 bits per heavy atom. The summed E-state index contributed by atoms with van der Waals surface area (Å²) in [5.41, 5.74) is 0.942. The Hall–Kier alpha value is -2.81. The number of pyridine rings is 1. The summed E-state index contributed by atoms with van der Waals surface area (Å²) in [5.74, 6) is 0.725. The molecule has 0 aromatic carbocycles. The quantitative estimate of drug-likeness (QED) is 0.809. The number of carboxylic acids is 1. The van der Waals surface area contributed by atoms with Crippen LogP contribution in [0.1, 0.15) is 10.4 Å². The van der Waals surface area contributed by atoms with Crippen molar-refractivity contribution in [1.82, 2.24) is 14.5 Å². The van der Waals surface area contributed by atoms with Crippen molar-refractivity contribution < 1.29 is 14.7 Å². The molecule has 0 saturated carbocycles. The number of rotatable bonds is 4. The van der Waals surface area contributed by atoms with E-state index in [1.807, 2.05) is 0 Å². The Morgan fingerprint density at radius 2 is 2.26 bits per heavy atom. The van der Waals surface area contributed by atoms with Crippen LogP contribution in [0.2, 0.25) is 0 Å². The molecule has 96 valence electrons. The van der Waals surface area contributed by atoms with E-state index in [2.05, 4.69) is 11.0 Å². The van der Waals surface area contributed by atoms with Crippen molar-refractivity contribution in [2.45, 2.75) is 0 Å². The van der Waals surface area contributed by atoms with Crippen LogP contribution in [0.25, 0.3) is 5.52 Å². The number of carbonyl (C=O) groups is 2. The maximum atomic E-state index is 12.3.